The Morgan fingerprint density at radius 1 is 0.447 bits per heavy atom. The molecule has 0 saturated carbocycles. The van der Waals surface area contributed by atoms with Gasteiger partial charge >= 0.3 is 0 Å². The second-order valence-electron chi connectivity index (χ2n) is 10.1. The number of rotatable bonds is 1. The van der Waals surface area contributed by atoms with Crippen LogP contribution in [-0.2, 0) is 0 Å². The largest absolute Gasteiger partial charge is 0.308 e. The molecule has 0 radical (unpaired) electrons. The molecule has 38 heavy (non-hydrogen) atoms. The van der Waals surface area contributed by atoms with Gasteiger partial charge in [-0.2, -0.15) is 0 Å². The average Bonchev–Trinajstić information content (AvgIpc) is 3.54. The van der Waals surface area contributed by atoms with Crippen LogP contribution in [0.3, 0.4) is 0 Å². The average molecular weight is 500 g/mol. The number of aromatic nitrogens is 1. The van der Waals surface area contributed by atoms with E-state index in [1.807, 2.05) is 11.3 Å². The van der Waals surface area contributed by atoms with E-state index < -0.39 is 0 Å². The van der Waals surface area contributed by atoms with E-state index in [1.165, 1.54) is 80.0 Å². The van der Waals surface area contributed by atoms with E-state index in [0.29, 0.717) is 0 Å². The smallest absolute Gasteiger partial charge is 0.0726 e. The summed E-state index contributed by atoms with van der Waals surface area (Å²) in [5.41, 5.74) is 3.76. The third-order valence-electron chi connectivity index (χ3n) is 8.13. The Morgan fingerprint density at radius 2 is 1.08 bits per heavy atom. The van der Waals surface area contributed by atoms with Crippen molar-refractivity contribution in [2.75, 3.05) is 0 Å². The Bertz CT molecular complexity index is 2400. The van der Waals surface area contributed by atoms with E-state index in [4.69, 9.17) is 0 Å². The van der Waals surface area contributed by atoms with E-state index in [0.717, 1.165) is 0 Å². The lowest BCUT2D eigenvalue weighted by molar-refractivity contribution is 1.19. The number of fused-ring (bicyclic) bond motifs is 13. The Balaban J connectivity index is 1.60. The molecule has 0 aliphatic heterocycles. The highest BCUT2D eigenvalue weighted by Crippen LogP contribution is 2.49. The molecule has 9 rings (SSSR count). The highest BCUT2D eigenvalue weighted by Gasteiger charge is 2.22. The van der Waals surface area contributed by atoms with Crippen molar-refractivity contribution in [3.05, 3.63) is 127 Å². The molecule has 0 atom stereocenters. The molecule has 9 aromatic rings. The molecule has 0 unspecified atom stereocenters. The van der Waals surface area contributed by atoms with Gasteiger partial charge in [0.05, 0.1) is 15.7 Å². The zero-order valence-corrected chi connectivity index (χ0v) is 21.3. The van der Waals surface area contributed by atoms with Gasteiger partial charge in [0.15, 0.2) is 0 Å². The summed E-state index contributed by atoms with van der Waals surface area (Å²) in [6, 6.07) is 46.8. The molecule has 0 aliphatic carbocycles. The number of hydrogen-bond acceptors (Lipinski definition) is 1. The van der Waals surface area contributed by atoms with E-state index in [9.17, 15) is 0 Å². The van der Waals surface area contributed by atoms with Crippen LogP contribution in [-0.4, -0.2) is 4.57 Å². The summed E-state index contributed by atoms with van der Waals surface area (Å²) in [5, 5.41) is 13.2. The van der Waals surface area contributed by atoms with Crippen molar-refractivity contribution in [2.24, 2.45) is 0 Å². The van der Waals surface area contributed by atoms with Gasteiger partial charge in [0.2, 0.25) is 0 Å². The predicted octanol–water partition coefficient (Wildman–Crippen LogP) is 10.6. The molecular weight excluding hydrogens is 478 g/mol. The van der Waals surface area contributed by atoms with Gasteiger partial charge in [-0.25, -0.2) is 0 Å². The molecule has 2 aromatic heterocycles. The first-order valence-electron chi connectivity index (χ1n) is 13.0. The minimum atomic E-state index is 1.20. The maximum atomic E-state index is 2.50. The minimum absolute atomic E-state index is 1.20. The first-order chi connectivity index (χ1) is 18.9. The minimum Gasteiger partial charge on any atom is -0.308 e. The SMILES string of the molecule is c1ccc2cc(-n3c4ccccc4c4c5ccccc5c5c(sc6ccc7ccccc7c65)c43)ccc2c1. The zero-order chi connectivity index (χ0) is 24.8. The molecule has 0 fully saturated rings. The van der Waals surface area contributed by atoms with Crippen molar-refractivity contribution in [3.63, 3.8) is 0 Å². The Kier molecular flexibility index (Phi) is 3.99. The quantitative estimate of drug-likeness (QED) is 0.212. The van der Waals surface area contributed by atoms with Gasteiger partial charge in [0.1, 0.15) is 0 Å². The summed E-state index contributed by atoms with van der Waals surface area (Å²) in [7, 11) is 0. The van der Waals surface area contributed by atoms with Crippen LogP contribution in [0.4, 0.5) is 0 Å². The topological polar surface area (TPSA) is 4.93 Å². The first kappa shape index (κ1) is 20.4. The highest BCUT2D eigenvalue weighted by molar-refractivity contribution is 7.27. The van der Waals surface area contributed by atoms with Crippen LogP contribution in [0.1, 0.15) is 0 Å². The molecule has 176 valence electrons. The lowest BCUT2D eigenvalue weighted by Gasteiger charge is -2.11. The van der Waals surface area contributed by atoms with Crippen molar-refractivity contribution in [1.82, 2.24) is 4.57 Å². The molecule has 0 aliphatic rings. The van der Waals surface area contributed by atoms with E-state index >= 15 is 0 Å². The molecule has 7 aromatic carbocycles. The Labute approximate surface area is 222 Å². The fraction of sp³-hybridized carbons (Fsp3) is 0. The standard InChI is InChI=1S/C36H21NS/c1-2-11-24-21-25(19-17-22(24)9-1)37-30-16-8-7-15-29(30)32-27-13-5-6-14-28(27)34-33-26-12-4-3-10-23(26)18-20-31(33)38-36(34)35(32)37/h1-21H. The molecular formula is C36H21NS. The van der Waals surface area contributed by atoms with Crippen LogP contribution in [0.25, 0.3) is 80.0 Å². The fourth-order valence-electron chi connectivity index (χ4n) is 6.52. The van der Waals surface area contributed by atoms with Gasteiger partial charge in [-0.3, -0.25) is 0 Å². The molecule has 0 saturated heterocycles. The lowest BCUT2D eigenvalue weighted by atomic mass is 9.96. The second kappa shape index (κ2) is 7.44. The number of para-hydroxylation sites is 1. The molecule has 0 spiro atoms. The fourth-order valence-corrected chi connectivity index (χ4v) is 7.80. The van der Waals surface area contributed by atoms with Gasteiger partial charge in [0.25, 0.3) is 0 Å². The van der Waals surface area contributed by atoms with Crippen molar-refractivity contribution in [3.8, 4) is 5.69 Å². The van der Waals surface area contributed by atoms with Crippen LogP contribution in [0.5, 0.6) is 0 Å². The molecule has 0 N–H and O–H groups in total. The van der Waals surface area contributed by atoms with Crippen molar-refractivity contribution < 1.29 is 0 Å². The number of thiophene rings is 1. The molecule has 2 heterocycles. The second-order valence-corrected chi connectivity index (χ2v) is 11.2. The molecule has 1 nitrogen and oxygen atoms in total. The van der Waals surface area contributed by atoms with Crippen LogP contribution >= 0.6 is 11.3 Å². The maximum absolute atomic E-state index is 2.50. The normalized spacial score (nSPS) is 12.2. The predicted molar refractivity (Wildman–Crippen MR) is 166 cm³/mol. The summed E-state index contributed by atoms with van der Waals surface area (Å²) in [4.78, 5) is 0. The van der Waals surface area contributed by atoms with Crippen molar-refractivity contribution in [2.45, 2.75) is 0 Å². The summed E-state index contributed by atoms with van der Waals surface area (Å²) < 4.78 is 5.20. The number of hydrogen-bond donors (Lipinski definition) is 0. The van der Waals surface area contributed by atoms with Crippen molar-refractivity contribution >= 4 is 85.6 Å². The molecule has 0 amide bonds. The monoisotopic (exact) mass is 499 g/mol. The van der Waals surface area contributed by atoms with Crippen molar-refractivity contribution in [1.29, 1.82) is 0 Å². The van der Waals surface area contributed by atoms with Crippen LogP contribution < -0.4 is 0 Å². The Hall–Kier alpha value is -4.66. The third kappa shape index (κ3) is 2.60. The highest BCUT2D eigenvalue weighted by atomic mass is 32.1. The maximum Gasteiger partial charge on any atom is 0.0726 e. The summed E-state index contributed by atoms with van der Waals surface area (Å²) in [6.07, 6.45) is 0. The number of nitrogens with zero attached hydrogens (tertiary/aromatic N) is 1. The lowest BCUT2D eigenvalue weighted by Crippen LogP contribution is -1.94. The molecule has 0 bridgehead atoms. The Morgan fingerprint density at radius 3 is 1.92 bits per heavy atom. The van der Waals surface area contributed by atoms with Crippen LogP contribution in [0.15, 0.2) is 127 Å². The zero-order valence-electron chi connectivity index (χ0n) is 20.5. The van der Waals surface area contributed by atoms with Gasteiger partial charge in [-0.15, -0.1) is 11.3 Å². The van der Waals surface area contributed by atoms with E-state index in [1.54, 1.807) is 0 Å². The van der Waals surface area contributed by atoms with E-state index in [2.05, 4.69) is 132 Å². The van der Waals surface area contributed by atoms with Gasteiger partial charge < -0.3 is 4.57 Å². The first-order valence-corrected chi connectivity index (χ1v) is 13.9. The molecule has 2 heteroatoms. The van der Waals surface area contributed by atoms with Gasteiger partial charge in [-0.1, -0.05) is 103 Å². The van der Waals surface area contributed by atoms with Crippen LogP contribution in [0.2, 0.25) is 0 Å². The summed E-state index contributed by atoms with van der Waals surface area (Å²) in [6.45, 7) is 0. The third-order valence-corrected chi connectivity index (χ3v) is 9.29. The number of benzene rings is 7. The van der Waals surface area contributed by atoms with Crippen LogP contribution in [0, 0.1) is 0 Å². The summed E-state index contributed by atoms with van der Waals surface area (Å²) >= 11 is 1.93. The van der Waals surface area contributed by atoms with Gasteiger partial charge in [0, 0.05) is 31.9 Å². The van der Waals surface area contributed by atoms with Gasteiger partial charge in [-0.05, 0) is 56.6 Å². The van der Waals surface area contributed by atoms with E-state index in [-0.39, 0.29) is 0 Å². The summed E-state index contributed by atoms with van der Waals surface area (Å²) in [5.74, 6) is 0.